The van der Waals surface area contributed by atoms with Crippen LogP contribution in [0.2, 0.25) is 0 Å². The van der Waals surface area contributed by atoms with Crippen molar-refractivity contribution in [3.8, 4) is 0 Å². The normalized spacial score (nSPS) is 10.1. The molecule has 0 atom stereocenters. The zero-order valence-corrected chi connectivity index (χ0v) is 8.71. The summed E-state index contributed by atoms with van der Waals surface area (Å²) in [5.74, 6) is 0. The maximum absolute atomic E-state index is 4.36. The van der Waals surface area contributed by atoms with Crippen LogP contribution in [0.3, 0.4) is 0 Å². The molecule has 0 aliphatic heterocycles. The van der Waals surface area contributed by atoms with Crippen molar-refractivity contribution < 1.29 is 0 Å². The second kappa shape index (κ2) is 4.19. The molecule has 4 heteroatoms. The average Bonchev–Trinajstić information content (AvgIpc) is 2.63. The molecule has 2 rings (SSSR count). The predicted molar refractivity (Wildman–Crippen MR) is 58.4 cm³/mol. The molecule has 1 N–H and O–H groups in total. The molecular weight excluding hydrogens is 194 g/mol. The fourth-order valence-corrected chi connectivity index (χ4v) is 1.76. The van der Waals surface area contributed by atoms with Gasteiger partial charge in [0.05, 0.1) is 22.9 Å². The third kappa shape index (κ3) is 2.29. The van der Waals surface area contributed by atoms with Gasteiger partial charge in [-0.3, -0.25) is 4.98 Å². The summed E-state index contributed by atoms with van der Waals surface area (Å²) in [7, 11) is 0. The van der Waals surface area contributed by atoms with Crippen molar-refractivity contribution in [3.63, 3.8) is 0 Å². The van der Waals surface area contributed by atoms with Gasteiger partial charge in [0.25, 0.3) is 0 Å². The quantitative estimate of drug-likeness (QED) is 0.836. The summed E-state index contributed by atoms with van der Waals surface area (Å²) in [6, 6.07) is 3.90. The predicted octanol–water partition coefficient (Wildman–Crippen LogP) is 2.46. The van der Waals surface area contributed by atoms with Crippen LogP contribution < -0.4 is 5.32 Å². The third-order valence-electron chi connectivity index (χ3n) is 1.80. The standard InChI is InChI=1S/C10H11N3S/c1-8-13-10(7-14-8)6-12-9-3-2-4-11-5-9/h2-5,7,12H,6H2,1H3. The van der Waals surface area contributed by atoms with Crippen molar-refractivity contribution in [1.29, 1.82) is 0 Å². The van der Waals surface area contributed by atoms with Gasteiger partial charge in [0, 0.05) is 17.8 Å². The van der Waals surface area contributed by atoms with Crippen LogP contribution in [0.1, 0.15) is 10.7 Å². The molecule has 0 aliphatic carbocycles. The van der Waals surface area contributed by atoms with Crippen molar-refractivity contribution in [2.75, 3.05) is 5.32 Å². The van der Waals surface area contributed by atoms with Gasteiger partial charge >= 0.3 is 0 Å². The molecule has 0 aromatic carbocycles. The summed E-state index contributed by atoms with van der Waals surface area (Å²) in [6.45, 7) is 2.77. The van der Waals surface area contributed by atoms with Gasteiger partial charge in [0.1, 0.15) is 0 Å². The summed E-state index contributed by atoms with van der Waals surface area (Å²) < 4.78 is 0. The lowest BCUT2D eigenvalue weighted by molar-refractivity contribution is 1.05. The fourth-order valence-electron chi connectivity index (χ4n) is 1.15. The largest absolute Gasteiger partial charge is 0.378 e. The number of anilines is 1. The van der Waals surface area contributed by atoms with E-state index in [1.807, 2.05) is 19.1 Å². The number of nitrogens with one attached hydrogen (secondary N) is 1. The Balaban J connectivity index is 1.95. The number of thiazole rings is 1. The minimum absolute atomic E-state index is 0.760. The molecule has 0 fully saturated rings. The van der Waals surface area contributed by atoms with E-state index in [1.54, 1.807) is 23.7 Å². The minimum atomic E-state index is 0.760. The van der Waals surface area contributed by atoms with E-state index >= 15 is 0 Å². The summed E-state index contributed by atoms with van der Waals surface area (Å²) >= 11 is 1.67. The molecule has 0 unspecified atom stereocenters. The number of nitrogens with zero attached hydrogens (tertiary/aromatic N) is 2. The van der Waals surface area contributed by atoms with E-state index in [2.05, 4.69) is 20.7 Å². The maximum atomic E-state index is 4.36. The van der Waals surface area contributed by atoms with Gasteiger partial charge < -0.3 is 5.32 Å². The Hall–Kier alpha value is -1.42. The number of aryl methyl sites for hydroxylation is 1. The molecule has 0 saturated heterocycles. The van der Waals surface area contributed by atoms with Crippen molar-refractivity contribution >= 4 is 17.0 Å². The van der Waals surface area contributed by atoms with E-state index in [0.29, 0.717) is 0 Å². The van der Waals surface area contributed by atoms with Crippen molar-refractivity contribution in [3.05, 3.63) is 40.6 Å². The first kappa shape index (κ1) is 9.15. The molecule has 0 radical (unpaired) electrons. The van der Waals surface area contributed by atoms with Crippen molar-refractivity contribution in [2.45, 2.75) is 13.5 Å². The molecular formula is C10H11N3S. The van der Waals surface area contributed by atoms with E-state index in [4.69, 9.17) is 0 Å². The van der Waals surface area contributed by atoms with Gasteiger partial charge in [-0.2, -0.15) is 0 Å². The number of hydrogen-bond acceptors (Lipinski definition) is 4. The number of rotatable bonds is 3. The number of pyridine rings is 1. The molecule has 0 aliphatic rings. The summed E-state index contributed by atoms with van der Waals surface area (Å²) in [6.07, 6.45) is 3.57. The Morgan fingerprint density at radius 1 is 1.50 bits per heavy atom. The topological polar surface area (TPSA) is 37.8 Å². The maximum Gasteiger partial charge on any atom is 0.0898 e. The van der Waals surface area contributed by atoms with E-state index in [0.717, 1.165) is 22.9 Å². The van der Waals surface area contributed by atoms with Crippen LogP contribution in [0, 0.1) is 6.92 Å². The van der Waals surface area contributed by atoms with Crippen molar-refractivity contribution in [2.24, 2.45) is 0 Å². The molecule has 0 bridgehead atoms. The van der Waals surface area contributed by atoms with Crippen LogP contribution >= 0.6 is 11.3 Å². The minimum Gasteiger partial charge on any atom is -0.378 e. The van der Waals surface area contributed by atoms with Gasteiger partial charge in [-0.1, -0.05) is 0 Å². The first-order valence-electron chi connectivity index (χ1n) is 4.39. The molecule has 0 spiro atoms. The molecule has 0 saturated carbocycles. The Morgan fingerprint density at radius 2 is 2.43 bits per heavy atom. The zero-order valence-electron chi connectivity index (χ0n) is 7.90. The Morgan fingerprint density at radius 3 is 3.07 bits per heavy atom. The van der Waals surface area contributed by atoms with Gasteiger partial charge in [0.15, 0.2) is 0 Å². The highest BCUT2D eigenvalue weighted by Crippen LogP contribution is 2.10. The SMILES string of the molecule is Cc1nc(CNc2cccnc2)cs1. The molecule has 2 aromatic rings. The van der Waals surface area contributed by atoms with Crippen LogP contribution in [-0.2, 0) is 6.54 Å². The number of aromatic nitrogens is 2. The summed E-state index contributed by atoms with van der Waals surface area (Å²) in [4.78, 5) is 8.38. The lowest BCUT2D eigenvalue weighted by atomic mass is 10.4. The first-order valence-corrected chi connectivity index (χ1v) is 5.27. The van der Waals surface area contributed by atoms with Crippen LogP contribution in [0.5, 0.6) is 0 Å². The molecule has 72 valence electrons. The highest BCUT2D eigenvalue weighted by Gasteiger charge is 1.97. The fraction of sp³-hybridized carbons (Fsp3) is 0.200. The van der Waals surface area contributed by atoms with Gasteiger partial charge in [-0.05, 0) is 19.1 Å². The van der Waals surface area contributed by atoms with Crippen LogP contribution in [0.15, 0.2) is 29.9 Å². The molecule has 2 aromatic heterocycles. The van der Waals surface area contributed by atoms with E-state index in [1.165, 1.54) is 0 Å². The molecule has 2 heterocycles. The Labute approximate surface area is 86.8 Å². The molecule has 14 heavy (non-hydrogen) atoms. The first-order chi connectivity index (χ1) is 6.84. The van der Waals surface area contributed by atoms with Crippen LogP contribution in [0.4, 0.5) is 5.69 Å². The molecule has 3 nitrogen and oxygen atoms in total. The summed E-state index contributed by atoms with van der Waals surface area (Å²) in [5.41, 5.74) is 2.11. The smallest absolute Gasteiger partial charge is 0.0898 e. The van der Waals surface area contributed by atoms with Gasteiger partial charge in [-0.15, -0.1) is 11.3 Å². The number of hydrogen-bond donors (Lipinski definition) is 1. The Bertz CT molecular complexity index is 397. The van der Waals surface area contributed by atoms with Gasteiger partial charge in [-0.25, -0.2) is 4.98 Å². The average molecular weight is 205 g/mol. The second-order valence-corrected chi connectivity index (χ2v) is 4.02. The van der Waals surface area contributed by atoms with Crippen LogP contribution in [0.25, 0.3) is 0 Å². The lowest BCUT2D eigenvalue weighted by Crippen LogP contribution is -1.99. The Kier molecular flexibility index (Phi) is 2.74. The molecule has 0 amide bonds. The van der Waals surface area contributed by atoms with E-state index in [-0.39, 0.29) is 0 Å². The third-order valence-corrected chi connectivity index (χ3v) is 2.62. The monoisotopic (exact) mass is 205 g/mol. The highest BCUT2D eigenvalue weighted by atomic mass is 32.1. The van der Waals surface area contributed by atoms with E-state index in [9.17, 15) is 0 Å². The van der Waals surface area contributed by atoms with Crippen molar-refractivity contribution in [1.82, 2.24) is 9.97 Å². The summed E-state index contributed by atoms with van der Waals surface area (Å²) in [5, 5.41) is 6.43. The van der Waals surface area contributed by atoms with Gasteiger partial charge in [0.2, 0.25) is 0 Å². The highest BCUT2D eigenvalue weighted by molar-refractivity contribution is 7.09. The lowest BCUT2D eigenvalue weighted by Gasteiger charge is -2.02. The zero-order chi connectivity index (χ0) is 9.80. The second-order valence-electron chi connectivity index (χ2n) is 2.95. The van der Waals surface area contributed by atoms with Crippen LogP contribution in [-0.4, -0.2) is 9.97 Å². The van der Waals surface area contributed by atoms with E-state index < -0.39 is 0 Å².